The number of hydrogen-bond acceptors (Lipinski definition) is 1. The highest BCUT2D eigenvalue weighted by atomic mass is 35.5. The van der Waals surface area contributed by atoms with Gasteiger partial charge in [-0.1, -0.05) is 0 Å². The molecule has 0 aliphatic rings. The Kier molecular flexibility index (Phi) is 5.42. The van der Waals surface area contributed by atoms with Gasteiger partial charge in [0.1, 0.15) is 5.82 Å². The van der Waals surface area contributed by atoms with Gasteiger partial charge >= 0.3 is 0 Å². The van der Waals surface area contributed by atoms with Gasteiger partial charge in [0.15, 0.2) is 0 Å². The summed E-state index contributed by atoms with van der Waals surface area (Å²) in [5.74, 6) is -0.465. The van der Waals surface area contributed by atoms with Crippen molar-refractivity contribution in [1.82, 2.24) is 5.32 Å². The average Bonchev–Trinajstić information content (AvgIpc) is 2.27. The second-order valence-electron chi connectivity index (χ2n) is 4.14. The van der Waals surface area contributed by atoms with E-state index < -0.39 is 0 Å². The standard InChI is InChI=1S/C13H17ClFNO/c1-9-8-11(5-6-12(9)15)13(17)16-7-3-4-10(2)14/h5-6,8,10H,3-4,7H2,1-2H3,(H,16,17). The van der Waals surface area contributed by atoms with E-state index in [9.17, 15) is 9.18 Å². The number of halogens is 2. The highest BCUT2D eigenvalue weighted by molar-refractivity contribution is 6.20. The van der Waals surface area contributed by atoms with E-state index in [1.165, 1.54) is 12.1 Å². The highest BCUT2D eigenvalue weighted by Crippen LogP contribution is 2.09. The van der Waals surface area contributed by atoms with E-state index in [0.29, 0.717) is 17.7 Å². The Morgan fingerprint density at radius 3 is 2.82 bits per heavy atom. The van der Waals surface area contributed by atoms with Crippen LogP contribution in [0.5, 0.6) is 0 Å². The van der Waals surface area contributed by atoms with E-state index in [1.54, 1.807) is 13.0 Å². The normalized spacial score (nSPS) is 12.2. The van der Waals surface area contributed by atoms with Crippen LogP contribution in [0.4, 0.5) is 4.39 Å². The summed E-state index contributed by atoms with van der Waals surface area (Å²) in [6.45, 7) is 4.15. The number of hydrogen-bond donors (Lipinski definition) is 1. The molecule has 4 heteroatoms. The van der Waals surface area contributed by atoms with E-state index in [2.05, 4.69) is 5.32 Å². The zero-order chi connectivity index (χ0) is 12.8. The van der Waals surface area contributed by atoms with Crippen LogP contribution >= 0.6 is 11.6 Å². The molecule has 1 amide bonds. The van der Waals surface area contributed by atoms with Gasteiger partial charge in [-0.15, -0.1) is 11.6 Å². The number of alkyl halides is 1. The molecule has 1 N–H and O–H groups in total. The molecule has 0 heterocycles. The van der Waals surface area contributed by atoms with Gasteiger partial charge in [-0.3, -0.25) is 4.79 Å². The summed E-state index contributed by atoms with van der Waals surface area (Å²) in [6.07, 6.45) is 1.71. The van der Waals surface area contributed by atoms with E-state index >= 15 is 0 Å². The molecule has 0 bridgehead atoms. The van der Waals surface area contributed by atoms with Crippen molar-refractivity contribution in [2.24, 2.45) is 0 Å². The van der Waals surface area contributed by atoms with Crippen molar-refractivity contribution >= 4 is 17.5 Å². The Bertz CT molecular complexity index is 393. The largest absolute Gasteiger partial charge is 0.352 e. The van der Waals surface area contributed by atoms with Crippen LogP contribution in [0.15, 0.2) is 18.2 Å². The van der Waals surface area contributed by atoms with Crippen molar-refractivity contribution in [3.8, 4) is 0 Å². The van der Waals surface area contributed by atoms with Gasteiger partial charge in [0, 0.05) is 17.5 Å². The molecule has 17 heavy (non-hydrogen) atoms. The third kappa shape index (κ3) is 4.73. The molecule has 94 valence electrons. The first-order chi connectivity index (χ1) is 8.00. The van der Waals surface area contributed by atoms with Gasteiger partial charge in [-0.2, -0.15) is 0 Å². The fourth-order valence-corrected chi connectivity index (χ4v) is 1.63. The number of rotatable bonds is 5. The average molecular weight is 258 g/mol. The predicted octanol–water partition coefficient (Wildman–Crippen LogP) is 3.27. The molecule has 0 saturated carbocycles. The molecule has 1 unspecified atom stereocenters. The van der Waals surface area contributed by atoms with Crippen molar-refractivity contribution < 1.29 is 9.18 Å². The summed E-state index contributed by atoms with van der Waals surface area (Å²) >= 11 is 5.79. The van der Waals surface area contributed by atoms with Crippen LogP contribution in [-0.2, 0) is 0 Å². The second kappa shape index (κ2) is 6.60. The number of benzene rings is 1. The first-order valence-corrected chi connectivity index (χ1v) is 6.12. The molecule has 0 saturated heterocycles. The Morgan fingerprint density at radius 1 is 1.53 bits per heavy atom. The number of nitrogens with one attached hydrogen (secondary N) is 1. The maximum Gasteiger partial charge on any atom is 0.251 e. The number of carbonyl (C=O) groups is 1. The van der Waals surface area contributed by atoms with Crippen molar-refractivity contribution in [1.29, 1.82) is 0 Å². The lowest BCUT2D eigenvalue weighted by Gasteiger charge is -2.07. The van der Waals surface area contributed by atoms with Crippen molar-refractivity contribution in [2.45, 2.75) is 32.1 Å². The van der Waals surface area contributed by atoms with Gasteiger partial charge in [-0.05, 0) is 50.5 Å². The lowest BCUT2D eigenvalue weighted by atomic mass is 10.1. The molecule has 0 aliphatic carbocycles. The first kappa shape index (κ1) is 14.0. The molecular formula is C13H17ClFNO. The minimum Gasteiger partial charge on any atom is -0.352 e. The molecule has 0 aromatic heterocycles. The smallest absolute Gasteiger partial charge is 0.251 e. The maximum atomic E-state index is 13.0. The Labute approximate surface area is 106 Å². The molecule has 1 atom stereocenters. The minimum absolute atomic E-state index is 0.125. The molecular weight excluding hydrogens is 241 g/mol. The Balaban J connectivity index is 2.44. The summed E-state index contributed by atoms with van der Waals surface area (Å²) in [5.41, 5.74) is 0.967. The second-order valence-corrected chi connectivity index (χ2v) is 4.89. The fourth-order valence-electron chi connectivity index (χ4n) is 1.47. The summed E-state index contributed by atoms with van der Waals surface area (Å²) in [5, 5.41) is 2.91. The molecule has 1 aromatic rings. The molecule has 1 aromatic carbocycles. The summed E-state index contributed by atoms with van der Waals surface area (Å²) in [6, 6.07) is 4.35. The minimum atomic E-state index is -0.294. The lowest BCUT2D eigenvalue weighted by Crippen LogP contribution is -2.24. The summed E-state index contributed by atoms with van der Waals surface area (Å²) < 4.78 is 13.0. The monoisotopic (exact) mass is 257 g/mol. The van der Waals surface area contributed by atoms with Gasteiger partial charge in [0.25, 0.3) is 5.91 Å². The van der Waals surface area contributed by atoms with E-state index in [0.717, 1.165) is 12.8 Å². The van der Waals surface area contributed by atoms with Crippen LogP contribution in [0.1, 0.15) is 35.7 Å². The van der Waals surface area contributed by atoms with Gasteiger partial charge in [0.2, 0.25) is 0 Å². The van der Waals surface area contributed by atoms with Crippen LogP contribution in [0, 0.1) is 12.7 Å². The third-order valence-electron chi connectivity index (χ3n) is 2.48. The lowest BCUT2D eigenvalue weighted by molar-refractivity contribution is 0.0953. The van der Waals surface area contributed by atoms with Crippen LogP contribution in [0.2, 0.25) is 0 Å². The van der Waals surface area contributed by atoms with Crippen LogP contribution in [0.3, 0.4) is 0 Å². The summed E-state index contributed by atoms with van der Waals surface area (Å²) in [7, 11) is 0. The van der Waals surface area contributed by atoms with Gasteiger partial charge in [0.05, 0.1) is 0 Å². The van der Waals surface area contributed by atoms with Crippen molar-refractivity contribution in [3.05, 3.63) is 35.1 Å². The molecule has 1 rings (SSSR count). The van der Waals surface area contributed by atoms with Crippen LogP contribution in [0.25, 0.3) is 0 Å². The van der Waals surface area contributed by atoms with E-state index in [-0.39, 0.29) is 17.1 Å². The van der Waals surface area contributed by atoms with Crippen LogP contribution < -0.4 is 5.32 Å². The van der Waals surface area contributed by atoms with Gasteiger partial charge < -0.3 is 5.32 Å². The maximum absolute atomic E-state index is 13.0. The zero-order valence-corrected chi connectivity index (χ0v) is 10.9. The quantitative estimate of drug-likeness (QED) is 0.637. The number of carbonyl (C=O) groups excluding carboxylic acids is 1. The SMILES string of the molecule is Cc1cc(C(=O)NCCCC(C)Cl)ccc1F. The fraction of sp³-hybridized carbons (Fsp3) is 0.462. The van der Waals surface area contributed by atoms with Crippen LogP contribution in [-0.4, -0.2) is 17.8 Å². The Morgan fingerprint density at radius 2 is 2.24 bits per heavy atom. The number of aryl methyl sites for hydroxylation is 1. The molecule has 0 radical (unpaired) electrons. The first-order valence-electron chi connectivity index (χ1n) is 5.69. The van der Waals surface area contributed by atoms with Gasteiger partial charge in [-0.25, -0.2) is 4.39 Å². The topological polar surface area (TPSA) is 29.1 Å². The zero-order valence-electron chi connectivity index (χ0n) is 10.1. The van der Waals surface area contributed by atoms with Crippen molar-refractivity contribution in [2.75, 3.05) is 6.54 Å². The molecule has 2 nitrogen and oxygen atoms in total. The molecule has 0 aliphatic heterocycles. The molecule has 0 fully saturated rings. The van der Waals surface area contributed by atoms with E-state index in [4.69, 9.17) is 11.6 Å². The van der Waals surface area contributed by atoms with E-state index in [1.807, 2.05) is 6.92 Å². The predicted molar refractivity (Wildman–Crippen MR) is 68.0 cm³/mol. The Hall–Kier alpha value is -1.09. The number of amides is 1. The summed E-state index contributed by atoms with van der Waals surface area (Å²) in [4.78, 5) is 11.7. The third-order valence-corrected chi connectivity index (χ3v) is 2.70. The highest BCUT2D eigenvalue weighted by Gasteiger charge is 2.07. The molecule has 0 spiro atoms. The van der Waals surface area contributed by atoms with Crippen molar-refractivity contribution in [3.63, 3.8) is 0 Å².